The van der Waals surface area contributed by atoms with E-state index in [4.69, 9.17) is 0 Å². The molecule has 0 aromatic carbocycles. The van der Waals surface area contributed by atoms with Crippen LogP contribution in [0.5, 0.6) is 0 Å². The van der Waals surface area contributed by atoms with Crippen LogP contribution < -0.4 is 10.6 Å². The molecule has 0 spiro atoms. The molecule has 1 aliphatic rings. The van der Waals surface area contributed by atoms with Crippen LogP contribution >= 0.6 is 34.4 Å². The molecule has 0 saturated heterocycles. The number of anilines is 2. The van der Waals surface area contributed by atoms with Gasteiger partial charge in [-0.2, -0.15) is 0 Å². The molecule has 3 aromatic rings. The number of carbonyl (C=O) groups excluding carboxylic acids is 2. The fourth-order valence-electron chi connectivity index (χ4n) is 3.41. The quantitative estimate of drug-likeness (QED) is 0.418. The van der Waals surface area contributed by atoms with Crippen LogP contribution in [0, 0.1) is 0 Å². The zero-order valence-corrected chi connectivity index (χ0v) is 17.9. The molecule has 7 nitrogen and oxygen atoms in total. The van der Waals surface area contributed by atoms with Crippen molar-refractivity contribution in [2.45, 2.75) is 35.4 Å². The Kier molecular flexibility index (Phi) is 6.22. The van der Waals surface area contributed by atoms with Gasteiger partial charge in [0.1, 0.15) is 0 Å². The molecule has 1 fully saturated rings. The Morgan fingerprint density at radius 2 is 2.00 bits per heavy atom. The van der Waals surface area contributed by atoms with Gasteiger partial charge in [0.05, 0.1) is 23.1 Å². The lowest BCUT2D eigenvalue weighted by Crippen LogP contribution is -2.37. The van der Waals surface area contributed by atoms with E-state index >= 15 is 0 Å². The van der Waals surface area contributed by atoms with E-state index in [-0.39, 0.29) is 17.6 Å². The summed E-state index contributed by atoms with van der Waals surface area (Å²) in [5, 5.41) is 16.4. The number of hydrogen-bond acceptors (Lipinski definition) is 8. The van der Waals surface area contributed by atoms with Gasteiger partial charge in [-0.1, -0.05) is 42.0 Å². The topological polar surface area (TPSA) is 96.9 Å². The van der Waals surface area contributed by atoms with Crippen molar-refractivity contribution in [3.8, 4) is 0 Å². The number of hydrogen-bond donors (Lipinski definition) is 2. The normalized spacial score (nSPS) is 15.2. The van der Waals surface area contributed by atoms with E-state index in [0.29, 0.717) is 15.2 Å². The molecule has 1 saturated carbocycles. The number of thioether (sulfide) groups is 1. The molecule has 0 radical (unpaired) electrons. The third-order valence-electron chi connectivity index (χ3n) is 4.78. The largest absolute Gasteiger partial charge is 0.324 e. The van der Waals surface area contributed by atoms with Gasteiger partial charge in [-0.3, -0.25) is 19.9 Å². The van der Waals surface area contributed by atoms with Crippen LogP contribution in [0.2, 0.25) is 0 Å². The van der Waals surface area contributed by atoms with Crippen molar-refractivity contribution in [3.05, 3.63) is 46.9 Å². The maximum atomic E-state index is 13.1. The van der Waals surface area contributed by atoms with Gasteiger partial charge < -0.3 is 5.32 Å². The molecule has 2 N–H and O–H groups in total. The van der Waals surface area contributed by atoms with Gasteiger partial charge in [-0.15, -0.1) is 21.5 Å². The standard InChI is InChI=1S/C19H19N5O2S3/c25-15(21-13-5-3-9-20-11-13)12-28-18-24-23-17(29-18)22-16(26)19(7-1-2-8-19)14-6-4-10-27-14/h3-6,9-11H,1-2,7-8,12H2,(H,21,25)(H,22,23,26). The van der Waals surface area contributed by atoms with Gasteiger partial charge in [0.15, 0.2) is 4.34 Å². The van der Waals surface area contributed by atoms with Crippen LogP contribution in [-0.4, -0.2) is 32.7 Å². The number of pyridine rings is 1. The van der Waals surface area contributed by atoms with Crippen molar-refractivity contribution in [1.29, 1.82) is 0 Å². The van der Waals surface area contributed by atoms with Crippen molar-refractivity contribution < 1.29 is 9.59 Å². The summed E-state index contributed by atoms with van der Waals surface area (Å²) < 4.78 is 0.637. The van der Waals surface area contributed by atoms with Gasteiger partial charge in [-0.05, 0) is 36.4 Å². The second-order valence-electron chi connectivity index (χ2n) is 6.67. The average molecular weight is 446 g/mol. The van der Waals surface area contributed by atoms with Crippen LogP contribution in [0.15, 0.2) is 46.4 Å². The molecule has 3 aromatic heterocycles. The summed E-state index contributed by atoms with van der Waals surface area (Å²) in [5.74, 6) is 0.0437. The van der Waals surface area contributed by atoms with E-state index in [2.05, 4.69) is 25.8 Å². The molecular weight excluding hydrogens is 426 g/mol. The monoisotopic (exact) mass is 445 g/mol. The Hall–Kier alpha value is -2.30. The summed E-state index contributed by atoms with van der Waals surface area (Å²) in [7, 11) is 0. The first-order valence-electron chi connectivity index (χ1n) is 9.17. The lowest BCUT2D eigenvalue weighted by Gasteiger charge is -2.25. The summed E-state index contributed by atoms with van der Waals surface area (Å²) in [4.78, 5) is 30.2. The summed E-state index contributed by atoms with van der Waals surface area (Å²) in [6, 6.07) is 7.57. The molecule has 4 rings (SSSR count). The molecule has 1 aliphatic carbocycles. The van der Waals surface area contributed by atoms with Crippen molar-refractivity contribution in [2.24, 2.45) is 0 Å². The van der Waals surface area contributed by atoms with E-state index in [0.717, 1.165) is 30.6 Å². The highest BCUT2D eigenvalue weighted by molar-refractivity contribution is 8.01. The molecule has 0 bridgehead atoms. The van der Waals surface area contributed by atoms with Crippen molar-refractivity contribution in [3.63, 3.8) is 0 Å². The van der Waals surface area contributed by atoms with Crippen LogP contribution in [-0.2, 0) is 15.0 Å². The highest BCUT2D eigenvalue weighted by atomic mass is 32.2. The zero-order valence-electron chi connectivity index (χ0n) is 15.5. The summed E-state index contributed by atoms with van der Waals surface area (Å²) in [6.07, 6.45) is 7.05. The Morgan fingerprint density at radius 3 is 2.72 bits per heavy atom. The zero-order chi connectivity index (χ0) is 20.1. The molecule has 0 atom stereocenters. The number of thiophene rings is 1. The van der Waals surface area contributed by atoms with Crippen LogP contribution in [0.1, 0.15) is 30.6 Å². The molecule has 29 heavy (non-hydrogen) atoms. The molecule has 10 heteroatoms. The van der Waals surface area contributed by atoms with Crippen LogP contribution in [0.4, 0.5) is 10.8 Å². The van der Waals surface area contributed by atoms with Gasteiger partial charge in [0.2, 0.25) is 16.9 Å². The fraction of sp³-hybridized carbons (Fsp3) is 0.316. The van der Waals surface area contributed by atoms with E-state index in [1.807, 2.05) is 17.5 Å². The second-order valence-corrected chi connectivity index (χ2v) is 9.82. The first-order valence-corrected chi connectivity index (χ1v) is 11.9. The maximum Gasteiger partial charge on any atom is 0.237 e. The number of carbonyl (C=O) groups is 2. The molecule has 2 amide bonds. The molecular formula is C19H19N5O2S3. The minimum absolute atomic E-state index is 0.0144. The van der Waals surface area contributed by atoms with E-state index in [1.165, 1.54) is 23.1 Å². The first-order chi connectivity index (χ1) is 14.2. The molecule has 0 unspecified atom stereocenters. The lowest BCUT2D eigenvalue weighted by atomic mass is 9.83. The second kappa shape index (κ2) is 9.02. The smallest absolute Gasteiger partial charge is 0.237 e. The Balaban J connectivity index is 1.34. The minimum Gasteiger partial charge on any atom is -0.324 e. The highest BCUT2D eigenvalue weighted by Crippen LogP contribution is 2.44. The number of aromatic nitrogens is 3. The van der Waals surface area contributed by atoms with Gasteiger partial charge in [-0.25, -0.2) is 0 Å². The molecule has 3 heterocycles. The maximum absolute atomic E-state index is 13.1. The molecule has 0 aliphatic heterocycles. The van der Waals surface area contributed by atoms with Gasteiger partial charge >= 0.3 is 0 Å². The van der Waals surface area contributed by atoms with Crippen molar-refractivity contribution in [1.82, 2.24) is 15.2 Å². The van der Waals surface area contributed by atoms with Crippen LogP contribution in [0.3, 0.4) is 0 Å². The van der Waals surface area contributed by atoms with E-state index < -0.39 is 5.41 Å². The minimum atomic E-state index is -0.462. The average Bonchev–Trinajstić information content (AvgIpc) is 3.48. The van der Waals surface area contributed by atoms with Gasteiger partial charge in [0, 0.05) is 11.1 Å². The third-order valence-corrected chi connectivity index (χ3v) is 7.83. The van der Waals surface area contributed by atoms with E-state index in [9.17, 15) is 9.59 Å². The van der Waals surface area contributed by atoms with E-state index in [1.54, 1.807) is 35.9 Å². The predicted molar refractivity (Wildman–Crippen MR) is 117 cm³/mol. The fourth-order valence-corrected chi connectivity index (χ4v) is 5.94. The summed E-state index contributed by atoms with van der Waals surface area (Å²) in [6.45, 7) is 0. The van der Waals surface area contributed by atoms with Crippen molar-refractivity contribution >= 4 is 57.1 Å². The predicted octanol–water partition coefficient (Wildman–Crippen LogP) is 4.18. The van der Waals surface area contributed by atoms with Crippen LogP contribution in [0.25, 0.3) is 0 Å². The summed E-state index contributed by atoms with van der Waals surface area (Å²) >= 11 is 4.20. The Labute approximate surface area is 180 Å². The summed E-state index contributed by atoms with van der Waals surface area (Å²) in [5.41, 5.74) is 0.190. The third kappa shape index (κ3) is 4.65. The Bertz CT molecular complexity index is 969. The first kappa shape index (κ1) is 20.0. The number of nitrogens with one attached hydrogen (secondary N) is 2. The molecule has 150 valence electrons. The SMILES string of the molecule is O=C(CSc1nnc(NC(=O)C2(c3cccs3)CCCC2)s1)Nc1cccnc1. The lowest BCUT2D eigenvalue weighted by molar-refractivity contribution is -0.121. The number of nitrogens with zero attached hydrogens (tertiary/aromatic N) is 3. The number of rotatable bonds is 7. The van der Waals surface area contributed by atoms with Gasteiger partial charge in [0.25, 0.3) is 0 Å². The number of amides is 2. The highest BCUT2D eigenvalue weighted by Gasteiger charge is 2.43. The van der Waals surface area contributed by atoms with Crippen molar-refractivity contribution in [2.75, 3.05) is 16.4 Å². The Morgan fingerprint density at radius 1 is 1.14 bits per heavy atom.